The van der Waals surface area contributed by atoms with Crippen LogP contribution in [0.5, 0.6) is 0 Å². The number of carbonyl (C=O) groups excluding carboxylic acids is 2. The van der Waals surface area contributed by atoms with Crippen LogP contribution in [0, 0.1) is 0 Å². The average molecular weight is 282 g/mol. The van der Waals surface area contributed by atoms with E-state index in [0.717, 1.165) is 11.1 Å². The molecule has 0 aliphatic rings. The van der Waals surface area contributed by atoms with Gasteiger partial charge in [0.15, 0.2) is 0 Å². The summed E-state index contributed by atoms with van der Waals surface area (Å²) in [5.41, 5.74) is 1.64. The summed E-state index contributed by atoms with van der Waals surface area (Å²) in [7, 11) is 0. The highest BCUT2D eigenvalue weighted by atomic mass is 16.4. The Morgan fingerprint density at radius 1 is 0.952 bits per heavy atom. The number of carboxylic acid groups (broad SMARTS) is 1. The van der Waals surface area contributed by atoms with Crippen LogP contribution in [0.3, 0.4) is 0 Å². The fourth-order valence-corrected chi connectivity index (χ4v) is 2.13. The van der Waals surface area contributed by atoms with Crippen LogP contribution in [0.1, 0.15) is 23.6 Å². The number of hydrogen-bond donors (Lipinski definition) is 1. The molecular weight excluding hydrogens is 266 g/mol. The van der Waals surface area contributed by atoms with Crippen molar-refractivity contribution in [3.63, 3.8) is 0 Å². The van der Waals surface area contributed by atoms with Gasteiger partial charge in [0.2, 0.25) is 5.91 Å². The van der Waals surface area contributed by atoms with Crippen LogP contribution in [-0.4, -0.2) is 11.9 Å². The van der Waals surface area contributed by atoms with Gasteiger partial charge >= 0.3 is 0 Å². The van der Waals surface area contributed by atoms with Crippen molar-refractivity contribution in [2.24, 2.45) is 0 Å². The van der Waals surface area contributed by atoms with Gasteiger partial charge in [-0.05, 0) is 11.1 Å². The predicted molar refractivity (Wildman–Crippen MR) is 77.1 cm³/mol. The topological polar surface area (TPSA) is 69.2 Å². The highest BCUT2D eigenvalue weighted by Crippen LogP contribution is 2.16. The highest BCUT2D eigenvalue weighted by molar-refractivity contribution is 5.79. The van der Waals surface area contributed by atoms with E-state index in [2.05, 4.69) is 5.32 Å². The van der Waals surface area contributed by atoms with Gasteiger partial charge in [0, 0.05) is 12.4 Å². The minimum atomic E-state index is -1.19. The molecule has 21 heavy (non-hydrogen) atoms. The van der Waals surface area contributed by atoms with Crippen LogP contribution < -0.4 is 10.4 Å². The number of carboxylic acids is 1. The largest absolute Gasteiger partial charge is 0.550 e. The number of benzene rings is 2. The Morgan fingerprint density at radius 2 is 1.52 bits per heavy atom. The second kappa shape index (κ2) is 7.24. The monoisotopic (exact) mass is 282 g/mol. The summed E-state index contributed by atoms with van der Waals surface area (Å²) in [6, 6.07) is 17.8. The summed E-state index contributed by atoms with van der Waals surface area (Å²) in [5.74, 6) is -1.40. The van der Waals surface area contributed by atoms with Crippen LogP contribution in [0.4, 0.5) is 0 Å². The van der Waals surface area contributed by atoms with Crippen LogP contribution >= 0.6 is 0 Å². The maximum atomic E-state index is 12.1. The molecule has 2 aromatic carbocycles. The zero-order chi connectivity index (χ0) is 15.1. The highest BCUT2D eigenvalue weighted by Gasteiger charge is 2.14. The van der Waals surface area contributed by atoms with Crippen LogP contribution in [0.25, 0.3) is 0 Å². The van der Waals surface area contributed by atoms with Crippen molar-refractivity contribution < 1.29 is 14.7 Å². The maximum Gasteiger partial charge on any atom is 0.224 e. The van der Waals surface area contributed by atoms with E-state index in [0.29, 0.717) is 0 Å². The lowest BCUT2D eigenvalue weighted by Crippen LogP contribution is -2.34. The third-order valence-electron chi connectivity index (χ3n) is 3.12. The Bertz CT molecular complexity index is 596. The van der Waals surface area contributed by atoms with E-state index in [1.807, 2.05) is 36.4 Å². The lowest BCUT2D eigenvalue weighted by molar-refractivity contribution is -0.306. The van der Waals surface area contributed by atoms with E-state index >= 15 is 0 Å². The SMILES string of the molecule is O=C([O-])C[C@H](NC(=O)Cc1ccccc1)c1ccccc1. The molecule has 1 amide bonds. The molecule has 2 rings (SSSR count). The fraction of sp³-hybridized carbons (Fsp3) is 0.176. The summed E-state index contributed by atoms with van der Waals surface area (Å²) in [4.78, 5) is 22.9. The molecule has 2 aromatic rings. The Kier molecular flexibility index (Phi) is 5.10. The Labute approximate surface area is 123 Å². The van der Waals surface area contributed by atoms with Gasteiger partial charge in [-0.15, -0.1) is 0 Å². The van der Waals surface area contributed by atoms with Gasteiger partial charge in [0.05, 0.1) is 12.5 Å². The van der Waals surface area contributed by atoms with Crippen molar-refractivity contribution >= 4 is 11.9 Å². The number of hydrogen-bond acceptors (Lipinski definition) is 3. The van der Waals surface area contributed by atoms with E-state index < -0.39 is 12.0 Å². The van der Waals surface area contributed by atoms with Gasteiger partial charge in [-0.2, -0.15) is 0 Å². The van der Waals surface area contributed by atoms with E-state index in [9.17, 15) is 14.7 Å². The van der Waals surface area contributed by atoms with E-state index in [4.69, 9.17) is 0 Å². The first kappa shape index (κ1) is 14.8. The average Bonchev–Trinajstić information content (AvgIpc) is 2.48. The third kappa shape index (κ3) is 4.76. The van der Waals surface area contributed by atoms with Crippen molar-refractivity contribution in [2.45, 2.75) is 18.9 Å². The van der Waals surface area contributed by atoms with Gasteiger partial charge in [0.1, 0.15) is 0 Å². The standard InChI is InChI=1S/C17H17NO3/c19-16(11-13-7-3-1-4-8-13)18-15(12-17(20)21)14-9-5-2-6-10-14/h1-10,15H,11-12H2,(H,18,19)(H,20,21)/p-1/t15-/m0/s1. The normalized spacial score (nSPS) is 11.6. The second-order valence-electron chi connectivity index (χ2n) is 4.77. The van der Waals surface area contributed by atoms with E-state index in [1.54, 1.807) is 24.3 Å². The van der Waals surface area contributed by atoms with Crippen molar-refractivity contribution in [1.82, 2.24) is 5.32 Å². The van der Waals surface area contributed by atoms with Gasteiger partial charge in [-0.25, -0.2) is 0 Å². The summed E-state index contributed by atoms with van der Waals surface area (Å²) in [6.07, 6.45) is -0.0260. The Hall–Kier alpha value is -2.62. The molecule has 0 aliphatic carbocycles. The molecule has 0 spiro atoms. The number of amides is 1. The molecule has 1 N–H and O–H groups in total. The number of rotatable bonds is 6. The molecule has 0 aliphatic heterocycles. The van der Waals surface area contributed by atoms with Crippen molar-refractivity contribution in [2.75, 3.05) is 0 Å². The first-order valence-corrected chi connectivity index (χ1v) is 6.73. The third-order valence-corrected chi connectivity index (χ3v) is 3.12. The van der Waals surface area contributed by atoms with Crippen molar-refractivity contribution in [1.29, 1.82) is 0 Å². The quantitative estimate of drug-likeness (QED) is 0.866. The zero-order valence-electron chi connectivity index (χ0n) is 11.5. The van der Waals surface area contributed by atoms with Crippen molar-refractivity contribution in [3.8, 4) is 0 Å². The molecule has 0 saturated heterocycles. The van der Waals surface area contributed by atoms with Crippen LogP contribution in [0.15, 0.2) is 60.7 Å². The summed E-state index contributed by atoms with van der Waals surface area (Å²) >= 11 is 0. The molecule has 0 aromatic heterocycles. The summed E-state index contributed by atoms with van der Waals surface area (Å²) in [6.45, 7) is 0. The van der Waals surface area contributed by atoms with Gasteiger partial charge in [-0.1, -0.05) is 60.7 Å². The second-order valence-corrected chi connectivity index (χ2v) is 4.77. The fourth-order valence-electron chi connectivity index (χ4n) is 2.13. The molecule has 1 atom stereocenters. The zero-order valence-corrected chi connectivity index (χ0v) is 11.5. The molecule has 0 saturated carbocycles. The molecule has 0 heterocycles. The Morgan fingerprint density at radius 3 is 2.10 bits per heavy atom. The van der Waals surface area contributed by atoms with Crippen LogP contribution in [0.2, 0.25) is 0 Å². The van der Waals surface area contributed by atoms with Gasteiger partial charge in [0.25, 0.3) is 0 Å². The smallest absolute Gasteiger partial charge is 0.224 e. The van der Waals surface area contributed by atoms with Crippen LogP contribution in [-0.2, 0) is 16.0 Å². The molecule has 108 valence electrons. The van der Waals surface area contributed by atoms with E-state index in [1.165, 1.54) is 0 Å². The molecule has 0 radical (unpaired) electrons. The molecule has 0 fully saturated rings. The van der Waals surface area contributed by atoms with Gasteiger partial charge < -0.3 is 15.2 Å². The molecule has 0 bridgehead atoms. The maximum absolute atomic E-state index is 12.1. The number of aliphatic carboxylic acids is 1. The lowest BCUT2D eigenvalue weighted by Gasteiger charge is -2.19. The van der Waals surface area contributed by atoms with Gasteiger partial charge in [-0.3, -0.25) is 4.79 Å². The number of nitrogens with one attached hydrogen (secondary N) is 1. The molecule has 4 nitrogen and oxygen atoms in total. The first-order valence-electron chi connectivity index (χ1n) is 6.73. The molecule has 4 heteroatoms. The molecule has 0 unspecified atom stereocenters. The summed E-state index contributed by atoms with van der Waals surface area (Å²) < 4.78 is 0. The minimum absolute atomic E-state index is 0.212. The lowest BCUT2D eigenvalue weighted by atomic mass is 10.0. The van der Waals surface area contributed by atoms with Crippen molar-refractivity contribution in [3.05, 3.63) is 71.8 Å². The summed E-state index contributed by atoms with van der Waals surface area (Å²) in [5, 5.41) is 13.6. The predicted octanol–water partition coefficient (Wildman–Crippen LogP) is 1.23. The Balaban J connectivity index is 2.05. The number of carbonyl (C=O) groups is 2. The molecular formula is C17H16NO3-. The van der Waals surface area contributed by atoms with E-state index in [-0.39, 0.29) is 18.7 Å². The first-order chi connectivity index (χ1) is 10.1. The minimum Gasteiger partial charge on any atom is -0.550 e.